The summed E-state index contributed by atoms with van der Waals surface area (Å²) < 4.78 is 5.97. The third kappa shape index (κ3) is 4.54. The molecule has 6 heteroatoms. The van der Waals surface area contributed by atoms with Gasteiger partial charge in [0.25, 0.3) is 5.91 Å². The summed E-state index contributed by atoms with van der Waals surface area (Å²) in [7, 11) is 0. The fourth-order valence-electron chi connectivity index (χ4n) is 4.04. The highest BCUT2D eigenvalue weighted by Crippen LogP contribution is 2.33. The molecule has 2 aromatic carbocycles. The summed E-state index contributed by atoms with van der Waals surface area (Å²) in [6.45, 7) is 5.95. The first-order valence-corrected chi connectivity index (χ1v) is 10.5. The molecule has 6 nitrogen and oxygen atoms in total. The largest absolute Gasteiger partial charge is 0.476 e. The smallest absolute Gasteiger partial charge is 0.265 e. The molecular formula is C24H28N3O3+. The van der Waals surface area contributed by atoms with Crippen LogP contribution >= 0.6 is 0 Å². The minimum atomic E-state index is -0.650. The lowest BCUT2D eigenvalue weighted by molar-refractivity contribution is -0.898. The summed E-state index contributed by atoms with van der Waals surface area (Å²) in [6.07, 6.45) is 3.70. The van der Waals surface area contributed by atoms with Crippen LogP contribution in [0.15, 0.2) is 60.7 Å². The number of fused-ring (bicyclic) bond motifs is 1. The number of anilines is 1. The van der Waals surface area contributed by atoms with Gasteiger partial charge in [-0.15, -0.1) is 0 Å². The molecule has 0 radical (unpaired) electrons. The van der Waals surface area contributed by atoms with Gasteiger partial charge in [0.2, 0.25) is 5.91 Å². The van der Waals surface area contributed by atoms with E-state index in [4.69, 9.17) is 4.74 Å². The van der Waals surface area contributed by atoms with E-state index in [-0.39, 0.29) is 18.4 Å². The Labute approximate surface area is 177 Å². The first-order valence-electron chi connectivity index (χ1n) is 10.5. The lowest BCUT2D eigenvalue weighted by atomic mass is 10.1. The number of nitrogens with one attached hydrogen (secondary N) is 1. The number of ether oxygens (including phenoxy) is 1. The van der Waals surface area contributed by atoms with Crippen molar-refractivity contribution in [2.75, 3.05) is 44.2 Å². The highest BCUT2D eigenvalue weighted by atomic mass is 16.5. The zero-order chi connectivity index (χ0) is 20.9. The number of rotatable bonds is 4. The number of piperazine rings is 1. The van der Waals surface area contributed by atoms with Crippen molar-refractivity contribution in [2.45, 2.75) is 13.0 Å². The van der Waals surface area contributed by atoms with Crippen LogP contribution in [0.25, 0.3) is 6.08 Å². The van der Waals surface area contributed by atoms with Crippen molar-refractivity contribution < 1.29 is 19.2 Å². The number of benzene rings is 2. The normalized spacial score (nSPS) is 19.4. The van der Waals surface area contributed by atoms with Crippen molar-refractivity contribution >= 4 is 23.6 Å². The van der Waals surface area contributed by atoms with Crippen LogP contribution in [-0.4, -0.2) is 62.1 Å². The fourth-order valence-corrected chi connectivity index (χ4v) is 4.04. The van der Waals surface area contributed by atoms with Crippen LogP contribution in [0, 0.1) is 0 Å². The number of carbonyl (C=O) groups is 2. The number of carbonyl (C=O) groups excluding carboxylic acids is 2. The summed E-state index contributed by atoms with van der Waals surface area (Å²) in [6, 6.07) is 17.7. The van der Waals surface area contributed by atoms with Gasteiger partial charge in [0, 0.05) is 6.92 Å². The predicted octanol–water partition coefficient (Wildman–Crippen LogP) is 1.24. The molecule has 0 saturated carbocycles. The molecule has 2 aliphatic heterocycles. The Morgan fingerprint density at radius 3 is 2.50 bits per heavy atom. The van der Waals surface area contributed by atoms with E-state index in [1.165, 1.54) is 17.4 Å². The van der Waals surface area contributed by atoms with E-state index in [2.05, 4.69) is 24.3 Å². The van der Waals surface area contributed by atoms with Crippen LogP contribution in [0.5, 0.6) is 5.75 Å². The second-order valence-corrected chi connectivity index (χ2v) is 7.80. The predicted molar refractivity (Wildman–Crippen MR) is 117 cm³/mol. The number of hydrogen-bond acceptors (Lipinski definition) is 3. The van der Waals surface area contributed by atoms with Gasteiger partial charge in [-0.1, -0.05) is 48.5 Å². The third-order valence-electron chi connectivity index (χ3n) is 5.73. The fraction of sp³-hybridized carbons (Fsp3) is 0.333. The van der Waals surface area contributed by atoms with Gasteiger partial charge in [-0.2, -0.15) is 0 Å². The molecule has 0 unspecified atom stereocenters. The molecule has 2 aliphatic rings. The van der Waals surface area contributed by atoms with Crippen molar-refractivity contribution in [1.82, 2.24) is 4.90 Å². The molecule has 0 spiro atoms. The molecular weight excluding hydrogens is 378 g/mol. The number of nitrogens with zero attached hydrogens (tertiary/aromatic N) is 2. The van der Waals surface area contributed by atoms with Crippen LogP contribution in [0.3, 0.4) is 0 Å². The quantitative estimate of drug-likeness (QED) is 0.831. The molecule has 0 bridgehead atoms. The zero-order valence-electron chi connectivity index (χ0n) is 17.3. The van der Waals surface area contributed by atoms with E-state index in [0.29, 0.717) is 18.8 Å². The van der Waals surface area contributed by atoms with E-state index < -0.39 is 6.10 Å². The van der Waals surface area contributed by atoms with Gasteiger partial charge >= 0.3 is 0 Å². The standard InChI is InChI=1S/C24H27N3O3/c1-19(28)27-18-23(30-22-12-6-5-11-21(22)27)24(29)26-16-14-25(15-17-26)13-7-10-20-8-3-2-4-9-20/h2-12,23H,13-18H2,1H3/p+1/b10-7+/t23-/m0/s1. The molecule has 0 aromatic heterocycles. The van der Waals surface area contributed by atoms with Gasteiger partial charge < -0.3 is 19.4 Å². The summed E-state index contributed by atoms with van der Waals surface area (Å²) in [5, 5.41) is 0. The molecule has 1 N–H and O–H groups in total. The Bertz CT molecular complexity index is 920. The summed E-state index contributed by atoms with van der Waals surface area (Å²) in [5.41, 5.74) is 1.93. The van der Waals surface area contributed by atoms with Crippen molar-refractivity contribution in [3.63, 3.8) is 0 Å². The first-order chi connectivity index (χ1) is 14.6. The van der Waals surface area contributed by atoms with Gasteiger partial charge in [-0.05, 0) is 23.8 Å². The van der Waals surface area contributed by atoms with E-state index >= 15 is 0 Å². The second-order valence-electron chi connectivity index (χ2n) is 7.80. The molecule has 4 rings (SSSR count). The average molecular weight is 407 g/mol. The highest BCUT2D eigenvalue weighted by Gasteiger charge is 2.36. The Hall–Kier alpha value is -3.12. The van der Waals surface area contributed by atoms with Crippen molar-refractivity contribution in [1.29, 1.82) is 0 Å². The molecule has 2 heterocycles. The molecule has 1 fully saturated rings. The number of amides is 2. The van der Waals surface area contributed by atoms with Gasteiger partial charge in [-0.3, -0.25) is 9.59 Å². The summed E-state index contributed by atoms with van der Waals surface area (Å²) in [4.78, 5) is 30.1. The number of quaternary nitrogens is 1. The number of hydrogen-bond donors (Lipinski definition) is 1. The van der Waals surface area contributed by atoms with Crippen LogP contribution in [-0.2, 0) is 9.59 Å². The van der Waals surface area contributed by atoms with Crippen molar-refractivity contribution in [3.8, 4) is 5.75 Å². The van der Waals surface area contributed by atoms with Crippen LogP contribution in [0.1, 0.15) is 12.5 Å². The van der Waals surface area contributed by atoms with Crippen molar-refractivity contribution in [2.24, 2.45) is 0 Å². The maximum Gasteiger partial charge on any atom is 0.265 e. The van der Waals surface area contributed by atoms with Gasteiger partial charge in [0.05, 0.1) is 45.0 Å². The maximum atomic E-state index is 13.1. The lowest BCUT2D eigenvalue weighted by Gasteiger charge is -2.38. The van der Waals surface area contributed by atoms with Crippen LogP contribution < -0.4 is 14.5 Å². The molecule has 0 aliphatic carbocycles. The highest BCUT2D eigenvalue weighted by molar-refractivity contribution is 5.95. The first kappa shape index (κ1) is 20.2. The van der Waals surface area contributed by atoms with E-state index in [9.17, 15) is 9.59 Å². The van der Waals surface area contributed by atoms with Crippen LogP contribution in [0.2, 0.25) is 0 Å². The second kappa shape index (κ2) is 9.13. The number of para-hydroxylation sites is 2. The SMILES string of the molecule is CC(=O)N1C[C@@H](C(=O)N2CC[NH+](C/C=C/c3ccccc3)CC2)Oc2ccccc21. The van der Waals surface area contributed by atoms with Gasteiger partial charge in [-0.25, -0.2) is 0 Å². The van der Waals surface area contributed by atoms with Crippen molar-refractivity contribution in [3.05, 3.63) is 66.2 Å². The Kier molecular flexibility index (Phi) is 6.14. The molecule has 2 amide bonds. The van der Waals surface area contributed by atoms with Crippen LogP contribution in [0.4, 0.5) is 5.69 Å². The van der Waals surface area contributed by atoms with E-state index in [0.717, 1.165) is 25.3 Å². The summed E-state index contributed by atoms with van der Waals surface area (Å²) in [5.74, 6) is 0.477. The minimum absolute atomic E-state index is 0.0327. The maximum absolute atomic E-state index is 13.1. The van der Waals surface area contributed by atoms with E-state index in [1.807, 2.05) is 47.4 Å². The Morgan fingerprint density at radius 1 is 1.07 bits per heavy atom. The average Bonchev–Trinajstić information content (AvgIpc) is 2.79. The molecule has 156 valence electrons. The summed E-state index contributed by atoms with van der Waals surface area (Å²) >= 11 is 0. The molecule has 2 aromatic rings. The van der Waals surface area contributed by atoms with Gasteiger partial charge in [0.1, 0.15) is 5.75 Å². The monoisotopic (exact) mass is 406 g/mol. The van der Waals surface area contributed by atoms with Gasteiger partial charge in [0.15, 0.2) is 6.10 Å². The Balaban J connectivity index is 1.32. The Morgan fingerprint density at radius 2 is 1.77 bits per heavy atom. The minimum Gasteiger partial charge on any atom is -0.476 e. The topological polar surface area (TPSA) is 54.3 Å². The lowest BCUT2D eigenvalue weighted by Crippen LogP contribution is -3.14. The third-order valence-corrected chi connectivity index (χ3v) is 5.73. The molecule has 1 atom stereocenters. The molecule has 30 heavy (non-hydrogen) atoms. The molecule has 1 saturated heterocycles. The van der Waals surface area contributed by atoms with E-state index in [1.54, 1.807) is 4.90 Å². The zero-order valence-corrected chi connectivity index (χ0v) is 17.3.